The van der Waals surface area contributed by atoms with E-state index in [1.807, 2.05) is 7.05 Å². The van der Waals surface area contributed by atoms with Crippen LogP contribution in [0.25, 0.3) is 11.0 Å². The number of fused-ring (bicyclic) bond motifs is 1. The van der Waals surface area contributed by atoms with E-state index in [1.54, 1.807) is 0 Å². The van der Waals surface area contributed by atoms with E-state index in [2.05, 4.69) is 44.3 Å². The molecule has 0 saturated heterocycles. The maximum atomic E-state index is 5.91. The predicted octanol–water partition coefficient (Wildman–Crippen LogP) is 3.72. The smallest absolute Gasteiger partial charge is 0.134 e. The van der Waals surface area contributed by atoms with Crippen molar-refractivity contribution in [2.75, 3.05) is 7.05 Å². The summed E-state index contributed by atoms with van der Waals surface area (Å²) in [5, 5.41) is 4.50. The van der Waals surface area contributed by atoms with Gasteiger partial charge in [0, 0.05) is 5.39 Å². The first kappa shape index (κ1) is 11.2. The molecule has 0 amide bonds. The Morgan fingerprint density at radius 3 is 2.62 bits per heavy atom. The number of aryl methyl sites for hydroxylation is 2. The molecule has 1 unspecified atom stereocenters. The summed E-state index contributed by atoms with van der Waals surface area (Å²) in [6, 6.07) is 6.78. The Balaban J connectivity index is 2.55. The van der Waals surface area contributed by atoms with Gasteiger partial charge in [0.1, 0.15) is 11.3 Å². The van der Waals surface area contributed by atoms with Gasteiger partial charge in [-0.25, -0.2) is 0 Å². The maximum absolute atomic E-state index is 5.91. The number of hydrogen-bond acceptors (Lipinski definition) is 2. The Morgan fingerprint density at radius 2 is 2.00 bits per heavy atom. The molecule has 86 valence electrons. The Bertz CT molecular complexity index is 495. The van der Waals surface area contributed by atoms with E-state index < -0.39 is 0 Å². The van der Waals surface area contributed by atoms with E-state index >= 15 is 0 Å². The van der Waals surface area contributed by atoms with Gasteiger partial charge in [0.05, 0.1) is 6.04 Å². The number of nitrogens with one attached hydrogen (secondary N) is 1. The lowest BCUT2D eigenvalue weighted by Crippen LogP contribution is -2.14. The minimum Gasteiger partial charge on any atom is -0.459 e. The van der Waals surface area contributed by atoms with Gasteiger partial charge in [0.25, 0.3) is 0 Å². The molecule has 0 radical (unpaired) electrons. The summed E-state index contributed by atoms with van der Waals surface area (Å²) in [6.07, 6.45) is 1.04. The molecule has 0 aliphatic heterocycles. The molecule has 0 aliphatic carbocycles. The van der Waals surface area contributed by atoms with Crippen LogP contribution in [0.4, 0.5) is 0 Å². The van der Waals surface area contributed by atoms with Crippen LogP contribution >= 0.6 is 0 Å². The Kier molecular flexibility index (Phi) is 3.01. The second-order valence-electron chi connectivity index (χ2n) is 4.39. The van der Waals surface area contributed by atoms with Crippen molar-refractivity contribution < 1.29 is 4.42 Å². The van der Waals surface area contributed by atoms with Crippen molar-refractivity contribution in [2.45, 2.75) is 33.2 Å². The zero-order valence-electron chi connectivity index (χ0n) is 10.4. The summed E-state index contributed by atoms with van der Waals surface area (Å²) >= 11 is 0. The fraction of sp³-hybridized carbons (Fsp3) is 0.429. The lowest BCUT2D eigenvalue weighted by atomic mass is 10.1. The highest BCUT2D eigenvalue weighted by Crippen LogP contribution is 2.28. The fourth-order valence-corrected chi connectivity index (χ4v) is 2.23. The number of benzene rings is 1. The normalized spacial score (nSPS) is 13.2. The Labute approximate surface area is 96.6 Å². The Hall–Kier alpha value is -1.28. The van der Waals surface area contributed by atoms with E-state index in [4.69, 9.17) is 4.42 Å². The average molecular weight is 217 g/mol. The van der Waals surface area contributed by atoms with Gasteiger partial charge in [-0.1, -0.05) is 13.0 Å². The van der Waals surface area contributed by atoms with Crippen molar-refractivity contribution in [2.24, 2.45) is 0 Å². The molecule has 16 heavy (non-hydrogen) atoms. The maximum Gasteiger partial charge on any atom is 0.134 e. The quantitative estimate of drug-likeness (QED) is 0.847. The lowest BCUT2D eigenvalue weighted by Gasteiger charge is -2.09. The topological polar surface area (TPSA) is 25.2 Å². The van der Waals surface area contributed by atoms with Gasteiger partial charge in [-0.2, -0.15) is 0 Å². The van der Waals surface area contributed by atoms with Crippen LogP contribution in [0.2, 0.25) is 0 Å². The molecular formula is C14H19NO. The summed E-state index contributed by atoms with van der Waals surface area (Å²) in [5.41, 5.74) is 3.54. The lowest BCUT2D eigenvalue weighted by molar-refractivity contribution is 0.444. The standard InChI is InChI=1S/C14H19NO/c1-5-12(15-4)14-8-11-10(3)6-9(2)7-13(11)16-14/h6-8,12,15H,5H2,1-4H3. The minimum absolute atomic E-state index is 0.312. The van der Waals surface area contributed by atoms with E-state index in [0.29, 0.717) is 6.04 Å². The highest BCUT2D eigenvalue weighted by molar-refractivity contribution is 5.82. The second-order valence-corrected chi connectivity index (χ2v) is 4.39. The molecule has 1 N–H and O–H groups in total. The average Bonchev–Trinajstić information content (AvgIpc) is 2.63. The van der Waals surface area contributed by atoms with Crippen LogP contribution in [-0.4, -0.2) is 7.05 Å². The number of furan rings is 1. The van der Waals surface area contributed by atoms with Crippen molar-refractivity contribution in [1.82, 2.24) is 5.32 Å². The zero-order valence-corrected chi connectivity index (χ0v) is 10.4. The summed E-state index contributed by atoms with van der Waals surface area (Å²) in [4.78, 5) is 0. The van der Waals surface area contributed by atoms with E-state index in [-0.39, 0.29) is 0 Å². The van der Waals surface area contributed by atoms with Crippen LogP contribution < -0.4 is 5.32 Å². The van der Waals surface area contributed by atoms with Gasteiger partial charge in [0.15, 0.2) is 0 Å². The van der Waals surface area contributed by atoms with Crippen LogP contribution in [0.3, 0.4) is 0 Å². The van der Waals surface area contributed by atoms with E-state index in [0.717, 1.165) is 17.8 Å². The molecule has 1 atom stereocenters. The monoisotopic (exact) mass is 217 g/mol. The van der Waals surface area contributed by atoms with Gasteiger partial charge in [0.2, 0.25) is 0 Å². The molecule has 2 nitrogen and oxygen atoms in total. The zero-order chi connectivity index (χ0) is 11.7. The molecule has 0 aliphatic rings. The summed E-state index contributed by atoms with van der Waals surface area (Å²) in [5.74, 6) is 1.04. The fourth-order valence-electron chi connectivity index (χ4n) is 2.23. The van der Waals surface area contributed by atoms with E-state index in [9.17, 15) is 0 Å². The second kappa shape index (κ2) is 4.30. The molecule has 1 aromatic heterocycles. The number of hydrogen-bond donors (Lipinski definition) is 1. The summed E-state index contributed by atoms with van der Waals surface area (Å²) < 4.78 is 5.91. The first-order chi connectivity index (χ1) is 7.65. The van der Waals surface area contributed by atoms with Crippen LogP contribution in [-0.2, 0) is 0 Å². The first-order valence-corrected chi connectivity index (χ1v) is 5.83. The van der Waals surface area contributed by atoms with Crippen LogP contribution in [0.15, 0.2) is 22.6 Å². The third-order valence-corrected chi connectivity index (χ3v) is 3.11. The predicted molar refractivity (Wildman–Crippen MR) is 67.8 cm³/mol. The molecule has 2 aromatic rings. The minimum atomic E-state index is 0.312. The molecule has 0 fully saturated rings. The molecule has 0 spiro atoms. The van der Waals surface area contributed by atoms with Gasteiger partial charge >= 0.3 is 0 Å². The van der Waals surface area contributed by atoms with Crippen molar-refractivity contribution in [3.63, 3.8) is 0 Å². The molecule has 0 saturated carbocycles. The molecule has 1 aromatic carbocycles. The van der Waals surface area contributed by atoms with Gasteiger partial charge < -0.3 is 9.73 Å². The van der Waals surface area contributed by atoms with E-state index in [1.165, 1.54) is 16.5 Å². The van der Waals surface area contributed by atoms with Crippen molar-refractivity contribution in [1.29, 1.82) is 0 Å². The molecule has 2 rings (SSSR count). The third-order valence-electron chi connectivity index (χ3n) is 3.11. The van der Waals surface area contributed by atoms with Crippen molar-refractivity contribution in [3.05, 3.63) is 35.1 Å². The summed E-state index contributed by atoms with van der Waals surface area (Å²) in [6.45, 7) is 6.39. The molecule has 0 bridgehead atoms. The van der Waals surface area contributed by atoms with Gasteiger partial charge in [-0.15, -0.1) is 0 Å². The third kappa shape index (κ3) is 1.85. The molecule has 1 heterocycles. The highest BCUT2D eigenvalue weighted by atomic mass is 16.3. The van der Waals surface area contributed by atoms with Gasteiger partial charge in [-0.3, -0.25) is 0 Å². The van der Waals surface area contributed by atoms with Crippen LogP contribution in [0.1, 0.15) is 36.3 Å². The van der Waals surface area contributed by atoms with Crippen molar-refractivity contribution in [3.8, 4) is 0 Å². The first-order valence-electron chi connectivity index (χ1n) is 5.83. The van der Waals surface area contributed by atoms with Crippen LogP contribution in [0.5, 0.6) is 0 Å². The van der Waals surface area contributed by atoms with Crippen LogP contribution in [0, 0.1) is 13.8 Å². The molecular weight excluding hydrogens is 198 g/mol. The van der Waals surface area contributed by atoms with Gasteiger partial charge in [-0.05, 0) is 50.6 Å². The van der Waals surface area contributed by atoms with Crippen molar-refractivity contribution >= 4 is 11.0 Å². The largest absolute Gasteiger partial charge is 0.459 e. The SMILES string of the molecule is CCC(NC)c1cc2c(C)cc(C)cc2o1. The Morgan fingerprint density at radius 1 is 1.25 bits per heavy atom. The number of rotatable bonds is 3. The molecule has 2 heteroatoms. The highest BCUT2D eigenvalue weighted by Gasteiger charge is 2.13. The summed E-state index contributed by atoms with van der Waals surface area (Å²) in [7, 11) is 1.97.